The Hall–Kier alpha value is -0.960. The van der Waals surface area contributed by atoms with E-state index in [1.165, 1.54) is 0 Å². The molecule has 1 aromatic rings. The summed E-state index contributed by atoms with van der Waals surface area (Å²) in [5.41, 5.74) is 0.718. The summed E-state index contributed by atoms with van der Waals surface area (Å²) in [5.74, 6) is 0.556. The van der Waals surface area contributed by atoms with Crippen LogP contribution in [-0.2, 0) is 0 Å². The number of benzene rings is 1. The topological polar surface area (TPSA) is 20.3 Å². The first-order chi connectivity index (χ1) is 7.00. The summed E-state index contributed by atoms with van der Waals surface area (Å²) in [4.78, 5) is 14.5. The molecule has 0 aliphatic carbocycles. The molecule has 0 aromatic heterocycles. The smallest absolute Gasteiger partial charge is 0.253 e. The van der Waals surface area contributed by atoms with E-state index < -0.39 is 0 Å². The lowest BCUT2D eigenvalue weighted by molar-refractivity contribution is 0.0779. The molecule has 0 aliphatic rings. The molecule has 2 nitrogen and oxygen atoms in total. The van der Waals surface area contributed by atoms with Crippen LogP contribution in [0.3, 0.4) is 0 Å². The van der Waals surface area contributed by atoms with Crippen LogP contribution in [0.4, 0.5) is 0 Å². The SMILES string of the molecule is CC(C)CN(C)C(=O)c1ccc(S)cc1. The number of carbonyl (C=O) groups excluding carboxylic acids is 1. The van der Waals surface area contributed by atoms with Gasteiger partial charge in [-0.15, -0.1) is 12.6 Å². The molecular formula is C12H17NOS. The van der Waals surface area contributed by atoms with Crippen molar-refractivity contribution in [3.05, 3.63) is 29.8 Å². The molecule has 82 valence electrons. The molecule has 0 N–H and O–H groups in total. The van der Waals surface area contributed by atoms with Crippen molar-refractivity contribution >= 4 is 18.5 Å². The van der Waals surface area contributed by atoms with E-state index in [1.807, 2.05) is 31.3 Å². The molecule has 0 heterocycles. The summed E-state index contributed by atoms with van der Waals surface area (Å²) in [6.45, 7) is 4.97. The number of amides is 1. The number of hydrogen-bond acceptors (Lipinski definition) is 2. The Bertz CT molecular complexity index is 332. The summed E-state index contributed by atoms with van der Waals surface area (Å²) in [6.07, 6.45) is 0. The summed E-state index contributed by atoms with van der Waals surface area (Å²) >= 11 is 4.18. The highest BCUT2D eigenvalue weighted by Crippen LogP contribution is 2.10. The minimum absolute atomic E-state index is 0.0667. The van der Waals surface area contributed by atoms with Crippen LogP contribution in [0.1, 0.15) is 24.2 Å². The minimum Gasteiger partial charge on any atom is -0.341 e. The Morgan fingerprint density at radius 3 is 2.33 bits per heavy atom. The molecule has 0 unspecified atom stereocenters. The van der Waals surface area contributed by atoms with Gasteiger partial charge in [-0.2, -0.15) is 0 Å². The minimum atomic E-state index is 0.0667. The predicted molar refractivity (Wildman–Crippen MR) is 65.5 cm³/mol. The fraction of sp³-hybridized carbons (Fsp3) is 0.417. The first-order valence-electron chi connectivity index (χ1n) is 5.05. The van der Waals surface area contributed by atoms with Gasteiger partial charge in [0, 0.05) is 24.1 Å². The second kappa shape index (κ2) is 5.21. The maximum Gasteiger partial charge on any atom is 0.253 e. The van der Waals surface area contributed by atoms with Gasteiger partial charge in [-0.1, -0.05) is 13.8 Å². The van der Waals surface area contributed by atoms with Crippen molar-refractivity contribution in [2.75, 3.05) is 13.6 Å². The summed E-state index contributed by atoms with van der Waals surface area (Å²) in [7, 11) is 1.83. The van der Waals surface area contributed by atoms with Crippen molar-refractivity contribution in [2.24, 2.45) is 5.92 Å². The number of nitrogens with zero attached hydrogens (tertiary/aromatic N) is 1. The van der Waals surface area contributed by atoms with Crippen molar-refractivity contribution in [1.82, 2.24) is 4.90 Å². The lowest BCUT2D eigenvalue weighted by Gasteiger charge is -2.19. The molecular weight excluding hydrogens is 206 g/mol. The van der Waals surface area contributed by atoms with Gasteiger partial charge in [0.1, 0.15) is 0 Å². The third kappa shape index (κ3) is 3.59. The van der Waals surface area contributed by atoms with Gasteiger partial charge in [0.2, 0.25) is 0 Å². The van der Waals surface area contributed by atoms with Crippen LogP contribution in [0.15, 0.2) is 29.2 Å². The molecule has 3 heteroatoms. The first-order valence-corrected chi connectivity index (χ1v) is 5.50. The standard InChI is InChI=1S/C12H17NOS/c1-9(2)8-13(3)12(14)10-4-6-11(15)7-5-10/h4-7,9,15H,8H2,1-3H3. The fourth-order valence-corrected chi connectivity index (χ4v) is 1.60. The van der Waals surface area contributed by atoms with Gasteiger partial charge in [0.25, 0.3) is 5.91 Å². The van der Waals surface area contributed by atoms with Crippen molar-refractivity contribution in [2.45, 2.75) is 18.7 Å². The Balaban J connectivity index is 2.72. The maximum absolute atomic E-state index is 11.9. The van der Waals surface area contributed by atoms with Crippen molar-refractivity contribution in [3.8, 4) is 0 Å². The van der Waals surface area contributed by atoms with E-state index in [0.717, 1.165) is 17.0 Å². The summed E-state index contributed by atoms with van der Waals surface area (Å²) in [5, 5.41) is 0. The number of hydrogen-bond donors (Lipinski definition) is 1. The fourth-order valence-electron chi connectivity index (χ4n) is 1.46. The highest BCUT2D eigenvalue weighted by Gasteiger charge is 2.11. The van der Waals surface area contributed by atoms with Crippen LogP contribution >= 0.6 is 12.6 Å². The maximum atomic E-state index is 11.9. The number of thiol groups is 1. The zero-order valence-electron chi connectivity index (χ0n) is 9.40. The van der Waals surface area contributed by atoms with Crippen LogP contribution in [-0.4, -0.2) is 24.4 Å². The largest absolute Gasteiger partial charge is 0.341 e. The molecule has 0 fully saturated rings. The van der Waals surface area contributed by atoms with Crippen molar-refractivity contribution in [1.29, 1.82) is 0 Å². The van der Waals surface area contributed by atoms with Crippen LogP contribution in [0.25, 0.3) is 0 Å². The van der Waals surface area contributed by atoms with Gasteiger partial charge in [-0.25, -0.2) is 0 Å². The van der Waals surface area contributed by atoms with Gasteiger partial charge in [-0.05, 0) is 30.2 Å². The van der Waals surface area contributed by atoms with Crippen LogP contribution < -0.4 is 0 Å². The van der Waals surface area contributed by atoms with E-state index in [4.69, 9.17) is 0 Å². The molecule has 15 heavy (non-hydrogen) atoms. The zero-order valence-corrected chi connectivity index (χ0v) is 10.3. The Kier molecular flexibility index (Phi) is 4.21. The molecule has 1 amide bonds. The summed E-state index contributed by atoms with van der Waals surface area (Å²) in [6, 6.07) is 7.28. The van der Waals surface area contributed by atoms with E-state index in [-0.39, 0.29) is 5.91 Å². The van der Waals surface area contributed by atoms with Gasteiger partial charge < -0.3 is 4.90 Å². The zero-order chi connectivity index (χ0) is 11.4. The van der Waals surface area contributed by atoms with Crippen molar-refractivity contribution < 1.29 is 4.79 Å². The summed E-state index contributed by atoms with van der Waals surface area (Å²) < 4.78 is 0. The molecule has 0 saturated carbocycles. The number of carbonyl (C=O) groups is 1. The van der Waals surface area contributed by atoms with Crippen LogP contribution in [0.2, 0.25) is 0 Å². The molecule has 1 aromatic carbocycles. The van der Waals surface area contributed by atoms with Crippen molar-refractivity contribution in [3.63, 3.8) is 0 Å². The van der Waals surface area contributed by atoms with Gasteiger partial charge >= 0.3 is 0 Å². The molecule has 0 spiro atoms. The highest BCUT2D eigenvalue weighted by molar-refractivity contribution is 7.80. The lowest BCUT2D eigenvalue weighted by Crippen LogP contribution is -2.30. The molecule has 1 rings (SSSR count). The molecule has 0 bridgehead atoms. The lowest BCUT2D eigenvalue weighted by atomic mass is 10.1. The second-order valence-corrected chi connectivity index (χ2v) is 4.64. The van der Waals surface area contributed by atoms with E-state index in [9.17, 15) is 4.79 Å². The van der Waals surface area contributed by atoms with Gasteiger partial charge in [0.05, 0.1) is 0 Å². The first kappa shape index (κ1) is 12.1. The normalized spacial score (nSPS) is 10.5. The van der Waals surface area contributed by atoms with E-state index >= 15 is 0 Å². The molecule has 0 saturated heterocycles. The Labute approximate surface area is 96.7 Å². The number of rotatable bonds is 3. The second-order valence-electron chi connectivity index (χ2n) is 4.13. The molecule has 0 aliphatic heterocycles. The highest BCUT2D eigenvalue weighted by atomic mass is 32.1. The van der Waals surface area contributed by atoms with E-state index in [2.05, 4.69) is 26.5 Å². The molecule has 0 atom stereocenters. The third-order valence-corrected chi connectivity index (χ3v) is 2.40. The monoisotopic (exact) mass is 223 g/mol. The van der Waals surface area contributed by atoms with E-state index in [0.29, 0.717) is 5.92 Å². The average Bonchev–Trinajstić information content (AvgIpc) is 2.17. The van der Waals surface area contributed by atoms with E-state index in [1.54, 1.807) is 4.90 Å². The average molecular weight is 223 g/mol. The predicted octanol–water partition coefficient (Wildman–Crippen LogP) is 2.70. The quantitative estimate of drug-likeness (QED) is 0.781. The molecule has 0 radical (unpaired) electrons. The third-order valence-electron chi connectivity index (χ3n) is 2.10. The van der Waals surface area contributed by atoms with Crippen LogP contribution in [0, 0.1) is 5.92 Å². The van der Waals surface area contributed by atoms with Crippen LogP contribution in [0.5, 0.6) is 0 Å². The van der Waals surface area contributed by atoms with Gasteiger partial charge in [-0.3, -0.25) is 4.79 Å². The Morgan fingerprint density at radius 1 is 1.33 bits per heavy atom. The van der Waals surface area contributed by atoms with Gasteiger partial charge in [0.15, 0.2) is 0 Å². The Morgan fingerprint density at radius 2 is 1.87 bits per heavy atom.